The summed E-state index contributed by atoms with van der Waals surface area (Å²) in [6.07, 6.45) is 0. The molecule has 1 nitrogen and oxygen atoms in total. The van der Waals surface area contributed by atoms with Gasteiger partial charge in [0.15, 0.2) is 0 Å². The summed E-state index contributed by atoms with van der Waals surface area (Å²) in [7, 11) is 1.72. The van der Waals surface area contributed by atoms with Gasteiger partial charge in [-0.15, -0.1) is 11.8 Å². The molecule has 1 aromatic rings. The molecule has 0 aliphatic carbocycles. The molecule has 10 heavy (non-hydrogen) atoms. The molecule has 2 heteroatoms. The van der Waals surface area contributed by atoms with Crippen molar-refractivity contribution >= 4 is 11.8 Å². The number of thioether (sulfide) groups is 1. The van der Waals surface area contributed by atoms with Gasteiger partial charge in [0.05, 0.1) is 7.11 Å². The average Bonchev–Trinajstić information content (AvgIpc) is 2.06. The molecule has 2 aliphatic heterocycles. The van der Waals surface area contributed by atoms with Crippen LogP contribution in [0.1, 0.15) is 5.56 Å². The average molecular weight is 152 g/mol. The first-order valence-electron chi connectivity index (χ1n) is 3.20. The molecule has 0 fully saturated rings. The van der Waals surface area contributed by atoms with E-state index in [0.717, 1.165) is 11.5 Å². The van der Waals surface area contributed by atoms with Crippen LogP contribution >= 0.6 is 11.8 Å². The van der Waals surface area contributed by atoms with E-state index in [4.69, 9.17) is 4.74 Å². The molecule has 0 atom stereocenters. The fourth-order valence-corrected chi connectivity index (χ4v) is 2.03. The summed E-state index contributed by atoms with van der Waals surface area (Å²) in [5.41, 5.74) is 1.36. The van der Waals surface area contributed by atoms with Gasteiger partial charge in [0.2, 0.25) is 0 Å². The molecule has 0 saturated heterocycles. The van der Waals surface area contributed by atoms with E-state index in [1.54, 1.807) is 7.11 Å². The van der Waals surface area contributed by atoms with E-state index in [-0.39, 0.29) is 0 Å². The van der Waals surface area contributed by atoms with E-state index in [1.165, 1.54) is 10.5 Å². The van der Waals surface area contributed by atoms with Gasteiger partial charge in [0, 0.05) is 10.6 Å². The number of hydrogen-bond acceptors (Lipinski definition) is 2. The molecular formula is C8H8OS. The minimum absolute atomic E-state index is 1.02. The Morgan fingerprint density at radius 3 is 2.70 bits per heavy atom. The zero-order valence-electron chi connectivity index (χ0n) is 5.76. The summed E-state index contributed by atoms with van der Waals surface area (Å²) in [5, 5.41) is 0. The van der Waals surface area contributed by atoms with Crippen molar-refractivity contribution in [2.45, 2.75) is 10.6 Å². The van der Waals surface area contributed by atoms with E-state index in [9.17, 15) is 0 Å². The second-order valence-corrected chi connectivity index (χ2v) is 3.29. The first-order valence-corrected chi connectivity index (χ1v) is 4.18. The Morgan fingerprint density at radius 2 is 2.40 bits per heavy atom. The van der Waals surface area contributed by atoms with E-state index in [2.05, 4.69) is 18.2 Å². The lowest BCUT2D eigenvalue weighted by Crippen LogP contribution is -1.94. The molecule has 0 radical (unpaired) electrons. The third-order valence-electron chi connectivity index (χ3n) is 1.62. The van der Waals surface area contributed by atoms with Crippen LogP contribution in [-0.2, 0) is 5.75 Å². The van der Waals surface area contributed by atoms with E-state index in [0.29, 0.717) is 0 Å². The van der Waals surface area contributed by atoms with E-state index < -0.39 is 0 Å². The Labute approximate surface area is 64.4 Å². The summed E-state index contributed by atoms with van der Waals surface area (Å²) >= 11 is 1.85. The second-order valence-electron chi connectivity index (χ2n) is 2.27. The van der Waals surface area contributed by atoms with Crippen LogP contribution < -0.4 is 4.74 Å². The van der Waals surface area contributed by atoms with Gasteiger partial charge in [-0.05, 0) is 17.7 Å². The van der Waals surface area contributed by atoms with Crippen LogP contribution in [0.4, 0.5) is 0 Å². The van der Waals surface area contributed by atoms with Crippen molar-refractivity contribution in [3.63, 3.8) is 0 Å². The maximum Gasteiger partial charge on any atom is 0.132 e. The second kappa shape index (κ2) is 2.20. The highest BCUT2D eigenvalue weighted by molar-refractivity contribution is 7.98. The number of ether oxygens (including phenoxy) is 1. The Bertz CT molecular complexity index is 257. The number of fused-ring (bicyclic) bond motifs is 3. The molecule has 0 unspecified atom stereocenters. The quantitative estimate of drug-likeness (QED) is 0.610. The summed E-state index contributed by atoms with van der Waals surface area (Å²) in [4.78, 5) is 1.26. The summed E-state index contributed by atoms with van der Waals surface area (Å²) in [6.45, 7) is 0. The van der Waals surface area contributed by atoms with Crippen LogP contribution in [0.5, 0.6) is 5.75 Å². The van der Waals surface area contributed by atoms with Crippen molar-refractivity contribution < 1.29 is 4.74 Å². The van der Waals surface area contributed by atoms with E-state index in [1.807, 2.05) is 11.8 Å². The van der Waals surface area contributed by atoms with Crippen molar-refractivity contribution in [3.8, 4) is 5.75 Å². The molecule has 1 aromatic carbocycles. The van der Waals surface area contributed by atoms with Crippen LogP contribution in [0.3, 0.4) is 0 Å². The third-order valence-corrected chi connectivity index (χ3v) is 2.75. The standard InChI is InChI=1S/C8H8OS/c1-9-7-4-6-2-3-8(7)10-5-6/h2-4H,5H2,1H3. The van der Waals surface area contributed by atoms with Gasteiger partial charge in [-0.1, -0.05) is 6.07 Å². The molecule has 2 heterocycles. The highest BCUT2D eigenvalue weighted by atomic mass is 32.2. The van der Waals surface area contributed by atoms with Gasteiger partial charge in [0.1, 0.15) is 5.75 Å². The van der Waals surface area contributed by atoms with Crippen LogP contribution in [0.15, 0.2) is 23.1 Å². The molecular weight excluding hydrogens is 144 g/mol. The lowest BCUT2D eigenvalue weighted by atomic mass is 10.2. The van der Waals surface area contributed by atoms with Crippen molar-refractivity contribution in [1.29, 1.82) is 0 Å². The maximum absolute atomic E-state index is 5.16. The summed E-state index contributed by atoms with van der Waals surface area (Å²) in [5.74, 6) is 2.13. The van der Waals surface area contributed by atoms with Crippen LogP contribution in [0, 0.1) is 0 Å². The number of hydrogen-bond donors (Lipinski definition) is 0. The smallest absolute Gasteiger partial charge is 0.132 e. The zero-order valence-corrected chi connectivity index (χ0v) is 6.57. The number of rotatable bonds is 1. The topological polar surface area (TPSA) is 9.23 Å². The van der Waals surface area contributed by atoms with Gasteiger partial charge >= 0.3 is 0 Å². The van der Waals surface area contributed by atoms with Crippen molar-refractivity contribution in [1.82, 2.24) is 0 Å². The highest BCUT2D eigenvalue weighted by Gasteiger charge is 2.10. The molecule has 2 bridgehead atoms. The highest BCUT2D eigenvalue weighted by Crippen LogP contribution is 2.37. The largest absolute Gasteiger partial charge is 0.496 e. The van der Waals surface area contributed by atoms with Gasteiger partial charge in [-0.3, -0.25) is 0 Å². The lowest BCUT2D eigenvalue weighted by Gasteiger charge is -2.15. The Balaban J connectivity index is 2.55. The Morgan fingerprint density at radius 1 is 1.50 bits per heavy atom. The predicted molar refractivity (Wildman–Crippen MR) is 42.6 cm³/mol. The fourth-order valence-electron chi connectivity index (χ4n) is 1.08. The molecule has 0 amide bonds. The van der Waals surface area contributed by atoms with Gasteiger partial charge < -0.3 is 4.74 Å². The molecule has 52 valence electrons. The monoisotopic (exact) mass is 152 g/mol. The Hall–Kier alpha value is -0.630. The number of benzene rings is 1. The third kappa shape index (κ3) is 0.797. The first kappa shape index (κ1) is 6.10. The van der Waals surface area contributed by atoms with Gasteiger partial charge in [0.25, 0.3) is 0 Å². The van der Waals surface area contributed by atoms with Crippen LogP contribution in [0.2, 0.25) is 0 Å². The molecule has 0 saturated carbocycles. The van der Waals surface area contributed by atoms with Gasteiger partial charge in [-0.25, -0.2) is 0 Å². The Kier molecular flexibility index (Phi) is 1.34. The van der Waals surface area contributed by atoms with E-state index >= 15 is 0 Å². The first-order chi connectivity index (χ1) is 4.90. The van der Waals surface area contributed by atoms with Crippen molar-refractivity contribution in [3.05, 3.63) is 23.8 Å². The molecule has 0 spiro atoms. The minimum Gasteiger partial charge on any atom is -0.496 e. The fraction of sp³-hybridized carbons (Fsp3) is 0.250. The zero-order chi connectivity index (χ0) is 6.97. The molecule has 2 aliphatic rings. The normalized spacial score (nSPS) is 13.7. The number of methoxy groups -OCH3 is 1. The van der Waals surface area contributed by atoms with Crippen LogP contribution in [0.25, 0.3) is 0 Å². The maximum atomic E-state index is 5.16. The molecule has 0 aromatic heterocycles. The van der Waals surface area contributed by atoms with Crippen LogP contribution in [-0.4, -0.2) is 7.11 Å². The summed E-state index contributed by atoms with van der Waals surface area (Å²) < 4.78 is 5.16. The summed E-state index contributed by atoms with van der Waals surface area (Å²) in [6, 6.07) is 6.36. The lowest BCUT2D eigenvalue weighted by molar-refractivity contribution is 0.403. The van der Waals surface area contributed by atoms with Crippen molar-refractivity contribution in [2.75, 3.05) is 7.11 Å². The minimum atomic E-state index is 1.02. The van der Waals surface area contributed by atoms with Gasteiger partial charge in [-0.2, -0.15) is 0 Å². The molecule has 0 N–H and O–H groups in total. The predicted octanol–water partition coefficient (Wildman–Crippen LogP) is 2.30. The van der Waals surface area contributed by atoms with Crippen molar-refractivity contribution in [2.24, 2.45) is 0 Å². The molecule has 3 rings (SSSR count). The SMILES string of the molecule is COc1cc2ccc1SC2.